The number of nitrogens with two attached hydrogens (primary N) is 1. The number of hydrogen-bond donors (Lipinski definition) is 2. The number of likely N-dealkylation sites (N-methyl/N-ethyl adjacent to an activating group) is 2. The number of amides is 3. The maximum Gasteiger partial charge on any atom is 0.248 e. The highest BCUT2D eigenvalue weighted by Gasteiger charge is 2.36. The molecule has 1 saturated heterocycles. The van der Waals surface area contributed by atoms with Crippen LogP contribution in [-0.2, 0) is 23.9 Å². The topological polar surface area (TPSA) is 126 Å². The van der Waals surface area contributed by atoms with Gasteiger partial charge in [0.15, 0.2) is 0 Å². The van der Waals surface area contributed by atoms with E-state index in [2.05, 4.69) is 4.90 Å². The summed E-state index contributed by atoms with van der Waals surface area (Å²) in [5.74, 6) is -1.33. The van der Waals surface area contributed by atoms with Crippen molar-refractivity contribution in [2.24, 2.45) is 5.73 Å². The molecular weight excluding hydrogens is 416 g/mol. The summed E-state index contributed by atoms with van der Waals surface area (Å²) < 4.78 is 11.1. The van der Waals surface area contributed by atoms with E-state index < -0.39 is 29.5 Å². The van der Waals surface area contributed by atoms with Gasteiger partial charge in [-0.15, -0.1) is 0 Å². The largest absolute Gasteiger partial charge is 0.390 e. The van der Waals surface area contributed by atoms with Crippen LogP contribution in [0.1, 0.15) is 46.5 Å². The molecule has 0 aliphatic carbocycles. The zero-order valence-corrected chi connectivity index (χ0v) is 20.3. The lowest BCUT2D eigenvalue weighted by atomic mass is 9.97. The van der Waals surface area contributed by atoms with Crippen molar-refractivity contribution in [1.82, 2.24) is 14.7 Å². The molecule has 1 heterocycles. The third kappa shape index (κ3) is 9.81. The maximum absolute atomic E-state index is 13.3. The van der Waals surface area contributed by atoms with E-state index in [9.17, 15) is 19.5 Å². The molecule has 3 N–H and O–H groups in total. The van der Waals surface area contributed by atoms with E-state index in [-0.39, 0.29) is 18.9 Å². The fourth-order valence-corrected chi connectivity index (χ4v) is 3.61. The van der Waals surface area contributed by atoms with Gasteiger partial charge in [0, 0.05) is 53.2 Å². The van der Waals surface area contributed by atoms with Crippen molar-refractivity contribution in [1.29, 1.82) is 0 Å². The molecule has 0 aromatic rings. The summed E-state index contributed by atoms with van der Waals surface area (Å²) >= 11 is 0. The number of nitrogens with zero attached hydrogens (tertiary/aromatic N) is 3. The number of rotatable bonds is 14. The van der Waals surface area contributed by atoms with Crippen molar-refractivity contribution < 1.29 is 29.0 Å². The normalized spacial score (nSPS) is 16.9. The maximum atomic E-state index is 13.3. The molecule has 3 amide bonds. The van der Waals surface area contributed by atoms with Crippen LogP contribution >= 0.6 is 0 Å². The van der Waals surface area contributed by atoms with Crippen LogP contribution in [0.5, 0.6) is 0 Å². The minimum Gasteiger partial charge on any atom is -0.390 e. The number of morpholine rings is 1. The van der Waals surface area contributed by atoms with Crippen LogP contribution in [0.25, 0.3) is 0 Å². The Morgan fingerprint density at radius 2 is 1.78 bits per heavy atom. The molecule has 2 atom stereocenters. The number of ether oxygens (including phenoxy) is 2. The second-order valence-corrected chi connectivity index (χ2v) is 9.04. The van der Waals surface area contributed by atoms with Gasteiger partial charge in [0.25, 0.3) is 0 Å². The van der Waals surface area contributed by atoms with Gasteiger partial charge in [-0.05, 0) is 26.7 Å². The van der Waals surface area contributed by atoms with Crippen molar-refractivity contribution in [2.45, 2.75) is 64.1 Å². The quantitative estimate of drug-likeness (QED) is 0.346. The van der Waals surface area contributed by atoms with E-state index >= 15 is 0 Å². The first kappa shape index (κ1) is 28.3. The summed E-state index contributed by atoms with van der Waals surface area (Å²) in [7, 11) is 3.04. The lowest BCUT2D eigenvalue weighted by Gasteiger charge is -2.35. The van der Waals surface area contributed by atoms with Crippen molar-refractivity contribution in [2.75, 3.05) is 60.2 Å². The molecule has 10 nitrogen and oxygen atoms in total. The Bertz CT molecular complexity index is 604. The Balaban J connectivity index is 2.78. The average Bonchev–Trinajstić information content (AvgIpc) is 2.73. The van der Waals surface area contributed by atoms with Crippen molar-refractivity contribution in [3.8, 4) is 0 Å². The summed E-state index contributed by atoms with van der Waals surface area (Å²) in [5, 5.41) is 10.1. The molecule has 186 valence electrons. The van der Waals surface area contributed by atoms with Crippen molar-refractivity contribution in [3.05, 3.63) is 0 Å². The number of carbonyl (C=O) groups is 3. The molecule has 10 heteroatoms. The van der Waals surface area contributed by atoms with Crippen molar-refractivity contribution >= 4 is 17.7 Å². The van der Waals surface area contributed by atoms with E-state index in [1.165, 1.54) is 16.8 Å². The summed E-state index contributed by atoms with van der Waals surface area (Å²) in [5.41, 5.74) is 4.32. The highest BCUT2D eigenvalue weighted by molar-refractivity contribution is 5.91. The first-order valence-corrected chi connectivity index (χ1v) is 11.4. The standard InChI is InChI=1S/C22H42N4O6/c1-6-8-19(27)24(4)18(16-32-12-7-9-26-10-13-31-14-11-26)21(29)25(5)17(20(23)28)15-22(2,3)30/h17-18,30H,6-16H2,1-5H3,(H2,23,28)/t17-,18+/m0/s1. The Labute approximate surface area is 192 Å². The predicted molar refractivity (Wildman–Crippen MR) is 121 cm³/mol. The molecule has 0 unspecified atom stereocenters. The molecule has 32 heavy (non-hydrogen) atoms. The summed E-state index contributed by atoms with van der Waals surface area (Å²) in [4.78, 5) is 42.7. The first-order valence-electron chi connectivity index (χ1n) is 11.4. The molecule has 1 aliphatic heterocycles. The highest BCUT2D eigenvalue weighted by atomic mass is 16.5. The van der Waals surface area contributed by atoms with Gasteiger partial charge in [-0.2, -0.15) is 0 Å². The van der Waals surface area contributed by atoms with E-state index in [1.807, 2.05) is 6.92 Å². The SMILES string of the molecule is CCCC(=O)N(C)[C@H](COCCCN1CCOCC1)C(=O)N(C)[C@@H](CC(C)(C)O)C(N)=O. The number of primary amides is 1. The molecule has 0 aromatic heterocycles. The van der Waals surface area contributed by atoms with E-state index in [1.54, 1.807) is 20.9 Å². The monoisotopic (exact) mass is 458 g/mol. The van der Waals surface area contributed by atoms with Gasteiger partial charge in [-0.3, -0.25) is 19.3 Å². The summed E-state index contributed by atoms with van der Waals surface area (Å²) in [6.45, 7) is 9.60. The van der Waals surface area contributed by atoms with Crippen LogP contribution < -0.4 is 5.73 Å². The second-order valence-electron chi connectivity index (χ2n) is 9.04. The van der Waals surface area contributed by atoms with Gasteiger partial charge in [0.2, 0.25) is 17.7 Å². The zero-order chi connectivity index (χ0) is 24.3. The van der Waals surface area contributed by atoms with Crippen LogP contribution in [0.2, 0.25) is 0 Å². The number of aliphatic hydroxyl groups is 1. The second kappa shape index (κ2) is 13.7. The van der Waals surface area contributed by atoms with Crippen molar-refractivity contribution in [3.63, 3.8) is 0 Å². The molecule has 0 saturated carbocycles. The van der Waals surface area contributed by atoms with Gasteiger partial charge in [-0.1, -0.05) is 6.92 Å². The molecule has 1 fully saturated rings. The fraction of sp³-hybridized carbons (Fsp3) is 0.864. The minimum absolute atomic E-state index is 0.00960. The third-order valence-corrected chi connectivity index (χ3v) is 5.59. The molecule has 0 bridgehead atoms. The smallest absolute Gasteiger partial charge is 0.248 e. The Hall–Kier alpha value is -1.75. The molecular formula is C22H42N4O6. The van der Waals surface area contributed by atoms with Gasteiger partial charge >= 0.3 is 0 Å². The molecule has 1 aliphatic rings. The number of carbonyl (C=O) groups excluding carboxylic acids is 3. The average molecular weight is 459 g/mol. The van der Waals surface area contributed by atoms with E-state index in [0.29, 0.717) is 19.4 Å². The molecule has 0 aromatic carbocycles. The lowest BCUT2D eigenvalue weighted by molar-refractivity contribution is -0.150. The van der Waals surface area contributed by atoms with E-state index in [0.717, 1.165) is 39.3 Å². The summed E-state index contributed by atoms with van der Waals surface area (Å²) in [6.07, 6.45) is 1.75. The number of hydrogen-bond acceptors (Lipinski definition) is 7. The Kier molecular flexibility index (Phi) is 12.1. The van der Waals surface area contributed by atoms with Gasteiger partial charge in [0.05, 0.1) is 25.4 Å². The summed E-state index contributed by atoms with van der Waals surface area (Å²) in [6, 6.07) is -1.88. The van der Waals surface area contributed by atoms with Gasteiger partial charge in [-0.25, -0.2) is 0 Å². The van der Waals surface area contributed by atoms with Crippen LogP contribution in [-0.4, -0.2) is 115 Å². The fourth-order valence-electron chi connectivity index (χ4n) is 3.61. The van der Waals surface area contributed by atoms with Crippen LogP contribution in [0.15, 0.2) is 0 Å². The molecule has 0 spiro atoms. The molecule has 0 radical (unpaired) electrons. The third-order valence-electron chi connectivity index (χ3n) is 5.59. The molecule has 1 rings (SSSR count). The van der Waals surface area contributed by atoms with Crippen LogP contribution in [0.4, 0.5) is 0 Å². The zero-order valence-electron chi connectivity index (χ0n) is 20.3. The predicted octanol–water partition coefficient (Wildman–Crippen LogP) is -0.174. The van der Waals surface area contributed by atoms with Crippen LogP contribution in [0, 0.1) is 0 Å². The van der Waals surface area contributed by atoms with E-state index in [4.69, 9.17) is 15.2 Å². The lowest BCUT2D eigenvalue weighted by Crippen LogP contribution is -2.56. The minimum atomic E-state index is -1.19. The first-order chi connectivity index (χ1) is 15.0. The van der Waals surface area contributed by atoms with Gasteiger partial charge < -0.3 is 30.1 Å². The van der Waals surface area contributed by atoms with Crippen LogP contribution in [0.3, 0.4) is 0 Å². The van der Waals surface area contributed by atoms with Gasteiger partial charge in [0.1, 0.15) is 12.1 Å². The Morgan fingerprint density at radius 3 is 2.31 bits per heavy atom. The Morgan fingerprint density at radius 1 is 1.16 bits per heavy atom. The highest BCUT2D eigenvalue weighted by Crippen LogP contribution is 2.17.